The van der Waals surface area contributed by atoms with Crippen LogP contribution in [0.5, 0.6) is 0 Å². The van der Waals surface area contributed by atoms with Crippen LogP contribution in [-0.4, -0.2) is 33.4 Å². The molecule has 1 aromatic heterocycles. The van der Waals surface area contributed by atoms with Crippen molar-refractivity contribution >= 4 is 17.0 Å². The summed E-state index contributed by atoms with van der Waals surface area (Å²) in [5, 5.41) is 9.41. The summed E-state index contributed by atoms with van der Waals surface area (Å²) >= 11 is 0. The molecular formula is C27H24N4O2. The minimum atomic E-state index is -0.250. The number of likely N-dealkylation sites (tertiary alicyclic amines) is 1. The molecule has 1 aliphatic rings. The second-order valence-electron chi connectivity index (χ2n) is 8.29. The van der Waals surface area contributed by atoms with Crippen LogP contribution in [0.1, 0.15) is 29.8 Å². The number of aromatic nitrogens is 2. The van der Waals surface area contributed by atoms with E-state index in [9.17, 15) is 10.1 Å². The summed E-state index contributed by atoms with van der Waals surface area (Å²) in [6.45, 7) is 1.69. The van der Waals surface area contributed by atoms with Crippen molar-refractivity contribution in [2.75, 3.05) is 6.54 Å². The molecule has 0 saturated carbocycles. The predicted octanol–water partition coefficient (Wildman–Crippen LogP) is 4.81. The molecule has 0 amide bonds. The molecule has 0 spiro atoms. The number of imidazole rings is 1. The fourth-order valence-corrected chi connectivity index (χ4v) is 4.43. The summed E-state index contributed by atoms with van der Waals surface area (Å²) in [5.41, 5.74) is 5.26. The first-order chi connectivity index (χ1) is 16.2. The molecule has 6 heteroatoms. The third-order valence-corrected chi connectivity index (χ3v) is 6.10. The fraction of sp³-hybridized carbons (Fsp3) is 0.222. The molecule has 33 heavy (non-hydrogen) atoms. The Bertz CT molecular complexity index is 1320. The second-order valence-corrected chi connectivity index (χ2v) is 8.29. The Morgan fingerprint density at radius 2 is 1.94 bits per heavy atom. The number of carbonyl (C=O) groups excluding carboxylic acids is 1. The van der Waals surface area contributed by atoms with Crippen LogP contribution < -0.4 is 0 Å². The summed E-state index contributed by atoms with van der Waals surface area (Å²) in [4.78, 5) is 23.0. The standard InChI is InChI=1S/C27H24N4O2/c28-16-21-9-4-5-10-22(21)20-12-13-23-24(15-20)30-26(29-23)17-31-14-6-11-25(31)27(32)33-18-19-7-2-1-3-8-19/h1-5,7-10,12-13,15,25H,6,11,14,17-18H2,(H,29,30)/t25-/m0/s1. The van der Waals surface area contributed by atoms with Gasteiger partial charge in [0.15, 0.2) is 0 Å². The SMILES string of the molecule is N#Cc1ccccc1-c1ccc2[nH]c(CN3CCC[C@H]3C(=O)OCc3ccccc3)nc2c1. The van der Waals surface area contributed by atoms with E-state index in [1.54, 1.807) is 0 Å². The number of ether oxygens (including phenoxy) is 1. The summed E-state index contributed by atoms with van der Waals surface area (Å²) < 4.78 is 5.59. The molecule has 1 atom stereocenters. The Labute approximate surface area is 192 Å². The number of nitriles is 1. The maximum atomic E-state index is 12.7. The normalized spacial score (nSPS) is 16.0. The van der Waals surface area contributed by atoms with Gasteiger partial charge in [-0.2, -0.15) is 5.26 Å². The largest absolute Gasteiger partial charge is 0.460 e. The van der Waals surface area contributed by atoms with Gasteiger partial charge in [-0.15, -0.1) is 0 Å². The molecular weight excluding hydrogens is 412 g/mol. The summed E-state index contributed by atoms with van der Waals surface area (Å²) in [6.07, 6.45) is 1.75. The van der Waals surface area contributed by atoms with Gasteiger partial charge >= 0.3 is 5.97 Å². The van der Waals surface area contributed by atoms with Gasteiger partial charge in [-0.25, -0.2) is 4.98 Å². The number of carbonyl (C=O) groups is 1. The molecule has 1 fully saturated rings. The molecule has 0 aliphatic carbocycles. The molecule has 4 aromatic rings. The van der Waals surface area contributed by atoms with Gasteiger partial charge in [0, 0.05) is 0 Å². The molecule has 1 aliphatic heterocycles. The highest BCUT2D eigenvalue weighted by atomic mass is 16.5. The van der Waals surface area contributed by atoms with Gasteiger partial charge in [-0.3, -0.25) is 9.69 Å². The van der Waals surface area contributed by atoms with Gasteiger partial charge in [0.1, 0.15) is 18.5 Å². The first-order valence-electron chi connectivity index (χ1n) is 11.1. The van der Waals surface area contributed by atoms with E-state index in [0.717, 1.165) is 52.9 Å². The van der Waals surface area contributed by atoms with Crippen LogP contribution in [0.4, 0.5) is 0 Å². The monoisotopic (exact) mass is 436 g/mol. The van der Waals surface area contributed by atoms with Crippen molar-refractivity contribution < 1.29 is 9.53 Å². The first kappa shape index (κ1) is 20.9. The van der Waals surface area contributed by atoms with Crippen molar-refractivity contribution in [1.29, 1.82) is 5.26 Å². The van der Waals surface area contributed by atoms with Crippen LogP contribution in [0.3, 0.4) is 0 Å². The number of aromatic amines is 1. The van der Waals surface area contributed by atoms with E-state index in [-0.39, 0.29) is 12.0 Å². The van der Waals surface area contributed by atoms with Crippen molar-refractivity contribution in [2.45, 2.75) is 32.0 Å². The minimum absolute atomic E-state index is 0.178. The number of hydrogen-bond donors (Lipinski definition) is 1. The molecule has 1 saturated heterocycles. The number of fused-ring (bicyclic) bond motifs is 1. The van der Waals surface area contributed by atoms with E-state index in [0.29, 0.717) is 18.7 Å². The zero-order valence-electron chi connectivity index (χ0n) is 18.2. The first-order valence-corrected chi connectivity index (χ1v) is 11.1. The molecule has 1 N–H and O–H groups in total. The Hall–Kier alpha value is -3.95. The third kappa shape index (κ3) is 4.50. The molecule has 0 radical (unpaired) electrons. The quantitative estimate of drug-likeness (QED) is 0.439. The number of rotatable bonds is 6. The number of hydrogen-bond acceptors (Lipinski definition) is 5. The Morgan fingerprint density at radius 1 is 1.12 bits per heavy atom. The number of H-pyrrole nitrogens is 1. The van der Waals surface area contributed by atoms with E-state index < -0.39 is 0 Å². The maximum Gasteiger partial charge on any atom is 0.323 e. The zero-order valence-corrected chi connectivity index (χ0v) is 18.2. The maximum absolute atomic E-state index is 12.7. The lowest BCUT2D eigenvalue weighted by atomic mass is 10.0. The number of benzene rings is 3. The number of nitrogens with one attached hydrogen (secondary N) is 1. The van der Waals surface area contributed by atoms with E-state index >= 15 is 0 Å². The van der Waals surface area contributed by atoms with Crippen molar-refractivity contribution in [3.63, 3.8) is 0 Å². The average Bonchev–Trinajstić information content (AvgIpc) is 3.49. The second kappa shape index (κ2) is 9.27. The highest BCUT2D eigenvalue weighted by Gasteiger charge is 2.32. The molecule has 3 aromatic carbocycles. The van der Waals surface area contributed by atoms with E-state index in [1.807, 2.05) is 72.8 Å². The number of nitrogens with zero attached hydrogens (tertiary/aromatic N) is 3. The van der Waals surface area contributed by atoms with Crippen LogP contribution in [0.2, 0.25) is 0 Å². The van der Waals surface area contributed by atoms with Crippen LogP contribution >= 0.6 is 0 Å². The van der Waals surface area contributed by atoms with E-state index in [4.69, 9.17) is 9.72 Å². The van der Waals surface area contributed by atoms with Gasteiger partial charge in [-0.05, 0) is 54.3 Å². The molecule has 164 valence electrons. The van der Waals surface area contributed by atoms with Gasteiger partial charge in [0.25, 0.3) is 0 Å². The fourth-order valence-electron chi connectivity index (χ4n) is 4.43. The topological polar surface area (TPSA) is 82.0 Å². The lowest BCUT2D eigenvalue weighted by molar-refractivity contribution is -0.150. The summed E-state index contributed by atoms with van der Waals surface area (Å²) in [5.74, 6) is 0.640. The predicted molar refractivity (Wildman–Crippen MR) is 126 cm³/mol. The summed E-state index contributed by atoms with van der Waals surface area (Å²) in [6, 6.07) is 25.3. The van der Waals surface area contributed by atoms with Gasteiger partial charge in [0.05, 0.1) is 29.2 Å². The highest BCUT2D eigenvalue weighted by molar-refractivity contribution is 5.83. The molecule has 5 rings (SSSR count). The Kier molecular flexibility index (Phi) is 5.88. The van der Waals surface area contributed by atoms with Crippen LogP contribution in [0.25, 0.3) is 22.2 Å². The van der Waals surface area contributed by atoms with E-state index in [2.05, 4.69) is 16.0 Å². The van der Waals surface area contributed by atoms with Crippen LogP contribution in [0, 0.1) is 11.3 Å². The van der Waals surface area contributed by atoms with Gasteiger partial charge in [-0.1, -0.05) is 54.6 Å². The van der Waals surface area contributed by atoms with Crippen LogP contribution in [-0.2, 0) is 22.7 Å². The molecule has 0 unspecified atom stereocenters. The molecule has 0 bridgehead atoms. The van der Waals surface area contributed by atoms with Crippen molar-refractivity contribution in [1.82, 2.24) is 14.9 Å². The number of esters is 1. The third-order valence-electron chi connectivity index (χ3n) is 6.10. The Morgan fingerprint density at radius 3 is 2.79 bits per heavy atom. The van der Waals surface area contributed by atoms with Gasteiger partial charge in [0.2, 0.25) is 0 Å². The zero-order chi connectivity index (χ0) is 22.6. The average molecular weight is 437 g/mol. The lowest BCUT2D eigenvalue weighted by Gasteiger charge is -2.21. The van der Waals surface area contributed by atoms with Crippen molar-refractivity contribution in [3.8, 4) is 17.2 Å². The van der Waals surface area contributed by atoms with Crippen molar-refractivity contribution in [3.05, 3.63) is 89.7 Å². The van der Waals surface area contributed by atoms with E-state index in [1.165, 1.54) is 0 Å². The molecule has 6 nitrogen and oxygen atoms in total. The lowest BCUT2D eigenvalue weighted by Crippen LogP contribution is -2.37. The molecule has 2 heterocycles. The Balaban J connectivity index is 1.30. The van der Waals surface area contributed by atoms with Gasteiger partial charge < -0.3 is 9.72 Å². The highest BCUT2D eigenvalue weighted by Crippen LogP contribution is 2.27. The van der Waals surface area contributed by atoms with Crippen molar-refractivity contribution in [2.24, 2.45) is 0 Å². The minimum Gasteiger partial charge on any atom is -0.460 e. The smallest absolute Gasteiger partial charge is 0.323 e. The summed E-state index contributed by atoms with van der Waals surface area (Å²) in [7, 11) is 0. The van der Waals surface area contributed by atoms with Crippen LogP contribution in [0.15, 0.2) is 72.8 Å².